The molecule has 4 aromatic rings. The second-order valence-corrected chi connectivity index (χ2v) is 13.7. The third-order valence-electron chi connectivity index (χ3n) is 6.64. The number of carbonyl (C=O) groups excluding carboxylic acids is 1. The molecule has 0 fully saturated rings. The van der Waals surface area contributed by atoms with Crippen LogP contribution in [0.4, 0.5) is 5.69 Å². The number of nitrogens with zero attached hydrogens (tertiary/aromatic N) is 2. The zero-order valence-electron chi connectivity index (χ0n) is 21.9. The second-order valence-electron chi connectivity index (χ2n) is 10.6. The van der Waals surface area contributed by atoms with Gasteiger partial charge in [-0.3, -0.25) is 14.8 Å². The lowest BCUT2D eigenvalue weighted by Gasteiger charge is -2.29. The maximum Gasteiger partial charge on any atom is 0.280 e. The molecule has 1 unspecified atom stereocenters. The van der Waals surface area contributed by atoms with Crippen molar-refractivity contribution in [1.82, 2.24) is 10.2 Å². The summed E-state index contributed by atoms with van der Waals surface area (Å²) >= 11 is 1.65. The van der Waals surface area contributed by atoms with Crippen LogP contribution in [0.25, 0.3) is 11.1 Å². The molecular weight excluding hydrogens is 518 g/mol. The standard InChI is InChI=1S/C29H31N3O4S2/c1-29(2,3)27-24-25(30-31-27)28(33)32(21-12-10-19(11-13-21)20-14-16-37-18-20)26(24)22-8-5-6-9-23(22)36-15-7-17-38(4,34)35/h5-6,8-14,16,18,26H,7,15,17H2,1-4H3,(H,30,31). The summed E-state index contributed by atoms with van der Waals surface area (Å²) in [5, 5.41) is 11.7. The monoisotopic (exact) mass is 549 g/mol. The minimum atomic E-state index is -3.08. The Bertz CT molecular complexity index is 1550. The predicted molar refractivity (Wildman–Crippen MR) is 152 cm³/mol. The Labute approximate surface area is 227 Å². The van der Waals surface area contributed by atoms with Crippen molar-refractivity contribution in [2.45, 2.75) is 38.6 Å². The molecule has 198 valence electrons. The average molecular weight is 550 g/mol. The van der Waals surface area contributed by atoms with Crippen molar-refractivity contribution < 1.29 is 17.9 Å². The summed E-state index contributed by atoms with van der Waals surface area (Å²) in [7, 11) is -3.08. The summed E-state index contributed by atoms with van der Waals surface area (Å²) in [5.41, 5.74) is 5.70. The van der Waals surface area contributed by atoms with Crippen LogP contribution in [0, 0.1) is 0 Å². The van der Waals surface area contributed by atoms with Crippen molar-refractivity contribution in [3.05, 3.63) is 87.9 Å². The van der Waals surface area contributed by atoms with Gasteiger partial charge in [0, 0.05) is 34.2 Å². The number of benzene rings is 2. The van der Waals surface area contributed by atoms with Crippen LogP contribution in [-0.2, 0) is 15.3 Å². The number of aromatic amines is 1. The van der Waals surface area contributed by atoms with Crippen LogP contribution in [0.2, 0.25) is 0 Å². The van der Waals surface area contributed by atoms with Gasteiger partial charge in [-0.15, -0.1) is 0 Å². The lowest BCUT2D eigenvalue weighted by Crippen LogP contribution is -2.30. The van der Waals surface area contributed by atoms with E-state index in [1.54, 1.807) is 16.2 Å². The zero-order valence-corrected chi connectivity index (χ0v) is 23.5. The van der Waals surface area contributed by atoms with Crippen molar-refractivity contribution in [1.29, 1.82) is 0 Å². The molecule has 2 aromatic heterocycles. The number of aromatic nitrogens is 2. The lowest BCUT2D eigenvalue weighted by molar-refractivity contribution is 0.0988. The van der Waals surface area contributed by atoms with Crippen LogP contribution in [0.15, 0.2) is 65.4 Å². The maximum atomic E-state index is 13.9. The minimum absolute atomic E-state index is 0.0553. The van der Waals surface area contributed by atoms with Gasteiger partial charge in [-0.05, 0) is 52.6 Å². The highest BCUT2D eigenvalue weighted by atomic mass is 32.2. The fourth-order valence-corrected chi connectivity index (χ4v) is 6.16. The molecule has 9 heteroatoms. The van der Waals surface area contributed by atoms with Crippen molar-refractivity contribution in [3.63, 3.8) is 0 Å². The Morgan fingerprint density at radius 2 is 1.79 bits per heavy atom. The Hall–Kier alpha value is -3.43. The Morgan fingerprint density at radius 3 is 2.45 bits per heavy atom. The molecule has 1 aliphatic rings. The number of rotatable bonds is 8. The van der Waals surface area contributed by atoms with Gasteiger partial charge in [0.25, 0.3) is 5.91 Å². The summed E-state index contributed by atoms with van der Waals surface area (Å²) in [6.07, 6.45) is 1.61. The molecule has 0 aliphatic carbocycles. The largest absolute Gasteiger partial charge is 0.493 e. The first kappa shape index (κ1) is 26.2. The molecule has 0 bridgehead atoms. The zero-order chi connectivity index (χ0) is 27.1. The Morgan fingerprint density at radius 1 is 1.05 bits per heavy atom. The van der Waals surface area contributed by atoms with Gasteiger partial charge in [-0.25, -0.2) is 8.42 Å². The van der Waals surface area contributed by atoms with E-state index in [1.165, 1.54) is 6.26 Å². The number of ether oxygens (including phenoxy) is 1. The van der Waals surface area contributed by atoms with E-state index in [0.717, 1.165) is 33.6 Å². The molecule has 0 saturated carbocycles. The number of nitrogens with one attached hydrogen (secondary N) is 1. The lowest BCUT2D eigenvalue weighted by atomic mass is 9.85. The molecule has 1 amide bonds. The molecule has 1 aliphatic heterocycles. The molecule has 1 N–H and O–H groups in total. The molecule has 0 radical (unpaired) electrons. The van der Waals surface area contributed by atoms with Crippen LogP contribution >= 0.6 is 11.3 Å². The highest BCUT2D eigenvalue weighted by molar-refractivity contribution is 7.90. The highest BCUT2D eigenvalue weighted by Gasteiger charge is 2.45. The van der Waals surface area contributed by atoms with E-state index >= 15 is 0 Å². The highest BCUT2D eigenvalue weighted by Crippen LogP contribution is 2.47. The van der Waals surface area contributed by atoms with Crippen molar-refractivity contribution >= 4 is 32.8 Å². The van der Waals surface area contributed by atoms with Gasteiger partial charge in [0.05, 0.1) is 18.4 Å². The van der Waals surface area contributed by atoms with Crippen LogP contribution < -0.4 is 9.64 Å². The van der Waals surface area contributed by atoms with E-state index in [-0.39, 0.29) is 23.7 Å². The summed E-state index contributed by atoms with van der Waals surface area (Å²) in [4.78, 5) is 15.6. The number of hydrogen-bond acceptors (Lipinski definition) is 6. The number of carbonyl (C=O) groups is 1. The number of thiophene rings is 1. The SMILES string of the molecule is CC(C)(C)c1[nH]nc2c1C(c1ccccc1OCCCS(C)(=O)=O)N(c1ccc(-c3ccsc3)cc1)C2=O. The smallest absolute Gasteiger partial charge is 0.280 e. The fourth-order valence-electron chi connectivity index (χ4n) is 4.86. The maximum absolute atomic E-state index is 13.9. The number of H-pyrrole nitrogens is 1. The predicted octanol–water partition coefficient (Wildman–Crippen LogP) is 6.00. The van der Waals surface area contributed by atoms with Crippen LogP contribution in [0.3, 0.4) is 0 Å². The van der Waals surface area contributed by atoms with Crippen molar-refractivity contribution in [2.75, 3.05) is 23.5 Å². The summed E-state index contributed by atoms with van der Waals surface area (Å²) in [6, 6.07) is 17.3. The van der Waals surface area contributed by atoms with Gasteiger partial charge in [0.15, 0.2) is 5.69 Å². The Balaban J connectivity index is 1.57. The topological polar surface area (TPSA) is 92.4 Å². The fraction of sp³-hybridized carbons (Fsp3) is 0.310. The van der Waals surface area contributed by atoms with Gasteiger partial charge in [-0.1, -0.05) is 51.1 Å². The number of sulfone groups is 1. The molecule has 0 saturated heterocycles. The average Bonchev–Trinajstić information content (AvgIpc) is 3.60. The first-order valence-corrected chi connectivity index (χ1v) is 15.5. The van der Waals surface area contributed by atoms with Gasteiger partial charge < -0.3 is 4.74 Å². The van der Waals surface area contributed by atoms with Gasteiger partial charge in [0.2, 0.25) is 0 Å². The number of fused-ring (bicyclic) bond motifs is 1. The third-order valence-corrected chi connectivity index (χ3v) is 8.35. The molecule has 7 nitrogen and oxygen atoms in total. The number of hydrogen-bond donors (Lipinski definition) is 1. The van der Waals surface area contributed by atoms with Gasteiger partial charge in [0.1, 0.15) is 15.6 Å². The molecule has 38 heavy (non-hydrogen) atoms. The van der Waals surface area contributed by atoms with Crippen LogP contribution in [-0.4, -0.2) is 43.1 Å². The molecule has 3 heterocycles. The van der Waals surface area contributed by atoms with Crippen molar-refractivity contribution in [2.24, 2.45) is 0 Å². The number of anilines is 1. The Kier molecular flexibility index (Phi) is 6.92. The molecule has 5 rings (SSSR count). The molecule has 2 aromatic carbocycles. The summed E-state index contributed by atoms with van der Waals surface area (Å²) in [6.45, 7) is 6.53. The third kappa shape index (κ3) is 5.13. The first-order valence-electron chi connectivity index (χ1n) is 12.5. The quantitative estimate of drug-likeness (QED) is 0.272. The van der Waals surface area contributed by atoms with Crippen LogP contribution in [0.1, 0.15) is 60.5 Å². The summed E-state index contributed by atoms with van der Waals surface area (Å²) < 4.78 is 29.3. The number of para-hydroxylation sites is 1. The minimum Gasteiger partial charge on any atom is -0.493 e. The second kappa shape index (κ2) is 10.0. The van der Waals surface area contributed by atoms with E-state index in [9.17, 15) is 13.2 Å². The van der Waals surface area contributed by atoms with E-state index in [4.69, 9.17) is 4.74 Å². The number of amides is 1. The van der Waals surface area contributed by atoms with Gasteiger partial charge in [-0.2, -0.15) is 16.4 Å². The molecule has 0 spiro atoms. The molecular formula is C29H31N3O4S2. The van der Waals surface area contributed by atoms with E-state index in [0.29, 0.717) is 17.9 Å². The van der Waals surface area contributed by atoms with Crippen molar-refractivity contribution in [3.8, 4) is 16.9 Å². The normalized spacial score (nSPS) is 15.6. The van der Waals surface area contributed by atoms with Gasteiger partial charge >= 0.3 is 0 Å². The van der Waals surface area contributed by atoms with Crippen LogP contribution in [0.5, 0.6) is 5.75 Å². The first-order chi connectivity index (χ1) is 18.0. The van der Waals surface area contributed by atoms with E-state index in [2.05, 4.69) is 42.4 Å². The van der Waals surface area contributed by atoms with E-state index in [1.807, 2.05) is 53.9 Å². The van der Waals surface area contributed by atoms with E-state index < -0.39 is 15.9 Å². The molecule has 1 atom stereocenters. The summed E-state index contributed by atoms with van der Waals surface area (Å²) in [5.74, 6) is 0.499.